The van der Waals surface area contributed by atoms with Gasteiger partial charge >= 0.3 is 5.97 Å². The third kappa shape index (κ3) is 9.21. The molecule has 3 aromatic rings. The standard InChI is InChI=1S/C31H38N2O7S/c1-2-39-31(36)25-10-8-23(9-11-25)24-12-14-26(15-13-24)32-19-27(34)20-40-28-16-17-30(35)29(18-28)33-41(37,38)21-22-6-4-3-5-7-22/h3-11,16-18,24,26-27,32-35H,2,12-15,19-21H2,1H3/t24?,26?,27-/m0/s1. The number of carbonyl (C=O) groups is 1. The number of phenolic OH excluding ortho intramolecular Hbond substituents is 1. The van der Waals surface area contributed by atoms with Crippen LogP contribution < -0.4 is 14.8 Å². The third-order valence-electron chi connectivity index (χ3n) is 7.14. The van der Waals surface area contributed by atoms with E-state index in [9.17, 15) is 23.4 Å². The van der Waals surface area contributed by atoms with Crippen molar-refractivity contribution < 1.29 is 32.9 Å². The summed E-state index contributed by atoms with van der Waals surface area (Å²) in [6.07, 6.45) is 3.21. The molecular formula is C31H38N2O7S. The van der Waals surface area contributed by atoms with Gasteiger partial charge in [-0.2, -0.15) is 0 Å². The number of sulfonamides is 1. The normalized spacial score (nSPS) is 17.9. The van der Waals surface area contributed by atoms with Gasteiger partial charge in [-0.05, 0) is 73.9 Å². The van der Waals surface area contributed by atoms with E-state index in [1.54, 1.807) is 31.2 Å². The van der Waals surface area contributed by atoms with Crippen molar-refractivity contribution in [1.29, 1.82) is 0 Å². The van der Waals surface area contributed by atoms with Crippen molar-refractivity contribution >= 4 is 21.7 Å². The number of carbonyl (C=O) groups excluding carboxylic acids is 1. The molecule has 1 fully saturated rings. The van der Waals surface area contributed by atoms with E-state index in [2.05, 4.69) is 10.0 Å². The smallest absolute Gasteiger partial charge is 0.338 e. The Morgan fingerprint density at radius 1 is 1.00 bits per heavy atom. The van der Waals surface area contributed by atoms with E-state index in [1.807, 2.05) is 30.3 Å². The predicted octanol–water partition coefficient (Wildman–Crippen LogP) is 4.57. The molecule has 10 heteroatoms. The molecule has 1 aliphatic carbocycles. The first-order valence-corrected chi connectivity index (χ1v) is 15.6. The Morgan fingerprint density at radius 3 is 2.39 bits per heavy atom. The highest BCUT2D eigenvalue weighted by Crippen LogP contribution is 2.33. The summed E-state index contributed by atoms with van der Waals surface area (Å²) in [5.74, 6) is 0.0116. The molecule has 0 aliphatic heterocycles. The summed E-state index contributed by atoms with van der Waals surface area (Å²) in [4.78, 5) is 11.9. The minimum Gasteiger partial charge on any atom is -0.506 e. The maximum absolute atomic E-state index is 12.6. The summed E-state index contributed by atoms with van der Waals surface area (Å²) in [6.45, 7) is 2.52. The van der Waals surface area contributed by atoms with Crippen LogP contribution in [0.25, 0.3) is 0 Å². The molecule has 4 N–H and O–H groups in total. The first kappa shape index (κ1) is 30.4. The van der Waals surface area contributed by atoms with E-state index in [-0.39, 0.29) is 29.8 Å². The van der Waals surface area contributed by atoms with Gasteiger partial charge in [0.05, 0.1) is 23.6 Å². The van der Waals surface area contributed by atoms with Crippen LogP contribution in [0.3, 0.4) is 0 Å². The first-order valence-electron chi connectivity index (χ1n) is 13.9. The van der Waals surface area contributed by atoms with Crippen LogP contribution in [0.4, 0.5) is 5.69 Å². The van der Waals surface area contributed by atoms with Crippen LogP contribution in [0.2, 0.25) is 0 Å². The molecule has 0 aromatic heterocycles. The van der Waals surface area contributed by atoms with E-state index < -0.39 is 16.1 Å². The Morgan fingerprint density at radius 2 is 1.71 bits per heavy atom. The predicted molar refractivity (Wildman–Crippen MR) is 158 cm³/mol. The maximum atomic E-state index is 12.6. The van der Waals surface area contributed by atoms with E-state index >= 15 is 0 Å². The van der Waals surface area contributed by atoms with Crippen LogP contribution in [-0.2, 0) is 20.5 Å². The Balaban J connectivity index is 1.20. The average molecular weight is 583 g/mol. The molecule has 0 heterocycles. The number of aliphatic hydroxyl groups excluding tert-OH is 1. The van der Waals surface area contributed by atoms with Crippen molar-refractivity contribution in [3.8, 4) is 11.5 Å². The maximum Gasteiger partial charge on any atom is 0.338 e. The second-order valence-electron chi connectivity index (χ2n) is 10.3. The zero-order valence-electron chi connectivity index (χ0n) is 23.2. The summed E-state index contributed by atoms with van der Waals surface area (Å²) in [5, 5.41) is 24.0. The quantitative estimate of drug-likeness (QED) is 0.170. The van der Waals surface area contributed by atoms with E-state index in [4.69, 9.17) is 9.47 Å². The van der Waals surface area contributed by atoms with Crippen molar-refractivity contribution in [2.45, 2.75) is 56.4 Å². The largest absolute Gasteiger partial charge is 0.506 e. The highest BCUT2D eigenvalue weighted by Gasteiger charge is 2.23. The topological polar surface area (TPSA) is 134 Å². The number of phenols is 1. The zero-order valence-corrected chi connectivity index (χ0v) is 24.0. The van der Waals surface area contributed by atoms with Crippen LogP contribution >= 0.6 is 0 Å². The van der Waals surface area contributed by atoms with Gasteiger partial charge in [-0.1, -0.05) is 42.5 Å². The fourth-order valence-corrected chi connectivity index (χ4v) is 6.18. The number of benzene rings is 3. The third-order valence-corrected chi connectivity index (χ3v) is 8.38. The molecule has 0 spiro atoms. The number of anilines is 1. The van der Waals surface area contributed by atoms with Gasteiger partial charge < -0.3 is 25.0 Å². The lowest BCUT2D eigenvalue weighted by Gasteiger charge is -2.30. The fourth-order valence-electron chi connectivity index (χ4n) is 4.97. The van der Waals surface area contributed by atoms with Crippen LogP contribution in [-0.4, -0.2) is 56.5 Å². The molecular weight excluding hydrogens is 544 g/mol. The van der Waals surface area contributed by atoms with E-state index in [1.165, 1.54) is 23.8 Å². The van der Waals surface area contributed by atoms with Gasteiger partial charge in [-0.25, -0.2) is 13.2 Å². The van der Waals surface area contributed by atoms with Gasteiger partial charge in [0, 0.05) is 18.7 Å². The number of ether oxygens (including phenoxy) is 2. The molecule has 9 nitrogen and oxygen atoms in total. The van der Waals surface area contributed by atoms with Gasteiger partial charge in [0.1, 0.15) is 24.2 Å². The van der Waals surface area contributed by atoms with Crippen molar-refractivity contribution in [2.75, 3.05) is 24.5 Å². The molecule has 41 heavy (non-hydrogen) atoms. The molecule has 3 aromatic carbocycles. The minimum atomic E-state index is -3.75. The number of rotatable bonds is 13. The Hall–Kier alpha value is -3.60. The lowest BCUT2D eigenvalue weighted by atomic mass is 9.81. The second kappa shape index (κ2) is 14.3. The monoisotopic (exact) mass is 582 g/mol. The molecule has 4 rings (SSSR count). The molecule has 220 valence electrons. The lowest BCUT2D eigenvalue weighted by Crippen LogP contribution is -2.39. The van der Waals surface area contributed by atoms with Gasteiger partial charge in [-0.3, -0.25) is 4.72 Å². The molecule has 1 aliphatic rings. The first-order chi connectivity index (χ1) is 19.7. The van der Waals surface area contributed by atoms with Crippen molar-refractivity contribution in [2.24, 2.45) is 0 Å². The molecule has 0 unspecified atom stereocenters. The summed E-state index contributed by atoms with van der Waals surface area (Å²) in [6, 6.07) is 21.0. The number of hydrogen-bond acceptors (Lipinski definition) is 8. The number of nitrogens with one attached hydrogen (secondary N) is 2. The molecule has 1 atom stereocenters. The van der Waals surface area contributed by atoms with E-state index in [0.29, 0.717) is 42.0 Å². The van der Waals surface area contributed by atoms with Crippen molar-refractivity contribution in [1.82, 2.24) is 5.32 Å². The molecule has 1 saturated carbocycles. The SMILES string of the molecule is CCOC(=O)c1ccc(C2CCC(NC[C@H](O)COc3ccc(O)c(NS(=O)(=O)Cc4ccccc4)c3)CC2)cc1. The number of hydrogen-bond donors (Lipinski definition) is 4. The van der Waals surface area contributed by atoms with Gasteiger partial charge in [0.25, 0.3) is 0 Å². The van der Waals surface area contributed by atoms with Gasteiger partial charge in [0.2, 0.25) is 10.0 Å². The average Bonchev–Trinajstić information content (AvgIpc) is 2.97. The minimum absolute atomic E-state index is 0.0101. The van der Waals surface area contributed by atoms with Crippen LogP contribution in [0.15, 0.2) is 72.8 Å². The van der Waals surface area contributed by atoms with Crippen LogP contribution in [0.1, 0.15) is 60.0 Å². The number of aromatic hydroxyl groups is 1. The highest BCUT2D eigenvalue weighted by atomic mass is 32.2. The van der Waals surface area contributed by atoms with Crippen LogP contribution in [0, 0.1) is 0 Å². The van der Waals surface area contributed by atoms with Crippen LogP contribution in [0.5, 0.6) is 11.5 Å². The molecule has 0 saturated heterocycles. The molecule has 0 radical (unpaired) electrons. The van der Waals surface area contributed by atoms with Gasteiger partial charge in [-0.15, -0.1) is 0 Å². The fraction of sp³-hybridized carbons (Fsp3) is 0.387. The number of aliphatic hydroxyl groups is 1. The van der Waals surface area contributed by atoms with Crippen molar-refractivity contribution in [3.63, 3.8) is 0 Å². The summed E-state index contributed by atoms with van der Waals surface area (Å²) in [7, 11) is -3.75. The van der Waals surface area contributed by atoms with Crippen molar-refractivity contribution in [3.05, 3.63) is 89.5 Å². The summed E-state index contributed by atoms with van der Waals surface area (Å²) in [5.41, 5.74) is 2.43. The molecule has 0 amide bonds. The number of esters is 1. The Bertz CT molecular complexity index is 1370. The molecule has 0 bridgehead atoms. The Labute approximate surface area is 241 Å². The van der Waals surface area contributed by atoms with E-state index in [0.717, 1.165) is 25.7 Å². The second-order valence-corrected chi connectivity index (χ2v) is 12.0. The highest BCUT2D eigenvalue weighted by molar-refractivity contribution is 7.91. The summed E-state index contributed by atoms with van der Waals surface area (Å²) >= 11 is 0. The van der Waals surface area contributed by atoms with Gasteiger partial charge in [0.15, 0.2) is 0 Å². The Kier molecular flexibility index (Phi) is 10.6. The lowest BCUT2D eigenvalue weighted by molar-refractivity contribution is 0.0526. The summed E-state index contributed by atoms with van der Waals surface area (Å²) < 4.78 is 38.3. The zero-order chi connectivity index (χ0) is 29.2.